The van der Waals surface area contributed by atoms with Crippen LogP contribution in [0.5, 0.6) is 0 Å². The van der Waals surface area contributed by atoms with E-state index in [1.165, 1.54) is 45.1 Å². The molecule has 2 unspecified atom stereocenters. The molecule has 1 rings (SSSR count). The van der Waals surface area contributed by atoms with Gasteiger partial charge in [0.2, 0.25) is 0 Å². The minimum Gasteiger partial charge on any atom is -0.313 e. The van der Waals surface area contributed by atoms with Crippen LogP contribution in [0.4, 0.5) is 0 Å². The second-order valence-electron chi connectivity index (χ2n) is 6.34. The second-order valence-corrected chi connectivity index (χ2v) is 7.62. The molecule has 0 spiro atoms. The SMILES string of the molecule is CCC(CC)(CNC1CCCC(C(C)C)C1)SC. The Bertz CT molecular complexity index is 215. The maximum Gasteiger partial charge on any atom is 0.0276 e. The van der Waals surface area contributed by atoms with E-state index in [9.17, 15) is 0 Å². The van der Waals surface area contributed by atoms with Crippen molar-refractivity contribution in [3.8, 4) is 0 Å². The molecule has 0 amide bonds. The van der Waals surface area contributed by atoms with Crippen molar-refractivity contribution in [2.24, 2.45) is 11.8 Å². The smallest absolute Gasteiger partial charge is 0.0276 e. The van der Waals surface area contributed by atoms with Crippen LogP contribution in [-0.4, -0.2) is 23.6 Å². The summed E-state index contributed by atoms with van der Waals surface area (Å²) in [7, 11) is 0. The molecule has 1 aliphatic rings. The number of rotatable bonds is 7. The highest BCUT2D eigenvalue weighted by atomic mass is 32.2. The molecular weight excluding hydrogens is 238 g/mol. The summed E-state index contributed by atoms with van der Waals surface area (Å²) < 4.78 is 0.463. The molecule has 0 saturated heterocycles. The Morgan fingerprint density at radius 3 is 2.39 bits per heavy atom. The molecule has 0 aromatic heterocycles. The molecule has 108 valence electrons. The third-order valence-corrected chi connectivity index (χ3v) is 6.68. The van der Waals surface area contributed by atoms with Gasteiger partial charge in [0.15, 0.2) is 0 Å². The van der Waals surface area contributed by atoms with Crippen LogP contribution in [0.2, 0.25) is 0 Å². The Labute approximate surface area is 119 Å². The molecule has 2 heteroatoms. The minimum absolute atomic E-state index is 0.463. The van der Waals surface area contributed by atoms with Gasteiger partial charge in [-0.1, -0.05) is 40.5 Å². The van der Waals surface area contributed by atoms with Crippen molar-refractivity contribution >= 4 is 11.8 Å². The van der Waals surface area contributed by atoms with Crippen LogP contribution >= 0.6 is 11.8 Å². The van der Waals surface area contributed by atoms with Crippen LogP contribution < -0.4 is 5.32 Å². The number of thioether (sulfide) groups is 1. The molecule has 0 radical (unpaired) electrons. The summed E-state index contributed by atoms with van der Waals surface area (Å²) in [5.74, 6) is 1.81. The van der Waals surface area contributed by atoms with Crippen LogP contribution in [0, 0.1) is 11.8 Å². The highest BCUT2D eigenvalue weighted by Crippen LogP contribution is 2.32. The van der Waals surface area contributed by atoms with Crippen LogP contribution in [0.1, 0.15) is 66.2 Å². The predicted octanol–water partition coefficient (Wildman–Crippen LogP) is 4.71. The normalized spacial score (nSPS) is 25.7. The van der Waals surface area contributed by atoms with Gasteiger partial charge in [-0.2, -0.15) is 11.8 Å². The van der Waals surface area contributed by atoms with Gasteiger partial charge in [0.1, 0.15) is 0 Å². The average Bonchev–Trinajstić information content (AvgIpc) is 2.41. The predicted molar refractivity (Wildman–Crippen MR) is 85.4 cm³/mol. The van der Waals surface area contributed by atoms with Crippen molar-refractivity contribution in [1.82, 2.24) is 5.32 Å². The Kier molecular flexibility index (Phi) is 7.08. The second kappa shape index (κ2) is 7.79. The van der Waals surface area contributed by atoms with E-state index in [-0.39, 0.29) is 0 Å². The lowest BCUT2D eigenvalue weighted by Crippen LogP contribution is -2.44. The summed E-state index contributed by atoms with van der Waals surface area (Å²) in [6, 6.07) is 0.774. The molecule has 1 nitrogen and oxygen atoms in total. The molecule has 18 heavy (non-hydrogen) atoms. The maximum atomic E-state index is 3.88. The van der Waals surface area contributed by atoms with Gasteiger partial charge >= 0.3 is 0 Å². The lowest BCUT2D eigenvalue weighted by molar-refractivity contribution is 0.227. The molecule has 0 bridgehead atoms. The maximum absolute atomic E-state index is 3.88. The van der Waals surface area contributed by atoms with Crippen LogP contribution in [0.15, 0.2) is 0 Å². The van der Waals surface area contributed by atoms with E-state index in [1.807, 2.05) is 0 Å². The van der Waals surface area contributed by atoms with Gasteiger partial charge in [-0.05, 0) is 43.8 Å². The number of hydrogen-bond acceptors (Lipinski definition) is 2. The van der Waals surface area contributed by atoms with E-state index < -0.39 is 0 Å². The van der Waals surface area contributed by atoms with E-state index in [0.717, 1.165) is 17.9 Å². The van der Waals surface area contributed by atoms with Crippen LogP contribution in [-0.2, 0) is 0 Å². The Balaban J connectivity index is 2.42. The standard InChI is InChI=1S/C16H33NS/c1-6-16(7-2,18-5)12-17-15-10-8-9-14(11-15)13(3)4/h13-15,17H,6-12H2,1-5H3. The lowest BCUT2D eigenvalue weighted by atomic mass is 9.79. The molecule has 1 aliphatic carbocycles. The summed E-state index contributed by atoms with van der Waals surface area (Å²) in [4.78, 5) is 0. The first-order chi connectivity index (χ1) is 8.56. The fraction of sp³-hybridized carbons (Fsp3) is 1.00. The molecule has 0 aromatic rings. The van der Waals surface area contributed by atoms with E-state index in [0.29, 0.717) is 4.75 Å². The highest BCUT2D eigenvalue weighted by Gasteiger charge is 2.28. The van der Waals surface area contributed by atoms with Gasteiger partial charge in [0.25, 0.3) is 0 Å². The van der Waals surface area contributed by atoms with Crippen molar-refractivity contribution in [3.63, 3.8) is 0 Å². The molecule has 1 fully saturated rings. The molecule has 1 N–H and O–H groups in total. The van der Waals surface area contributed by atoms with Gasteiger partial charge in [0.05, 0.1) is 0 Å². The van der Waals surface area contributed by atoms with Gasteiger partial charge < -0.3 is 5.32 Å². The van der Waals surface area contributed by atoms with Crippen LogP contribution in [0.3, 0.4) is 0 Å². The monoisotopic (exact) mass is 271 g/mol. The van der Waals surface area contributed by atoms with Gasteiger partial charge in [-0.25, -0.2) is 0 Å². The van der Waals surface area contributed by atoms with Gasteiger partial charge in [-0.3, -0.25) is 0 Å². The summed E-state index contributed by atoms with van der Waals surface area (Å²) in [6.45, 7) is 10.6. The van der Waals surface area contributed by atoms with Gasteiger partial charge in [0, 0.05) is 17.3 Å². The zero-order valence-electron chi connectivity index (χ0n) is 13.1. The molecular formula is C16H33NS. The Morgan fingerprint density at radius 1 is 1.22 bits per heavy atom. The largest absolute Gasteiger partial charge is 0.313 e. The third kappa shape index (κ3) is 4.45. The summed E-state index contributed by atoms with van der Waals surface area (Å²) in [6.07, 6.45) is 10.5. The highest BCUT2D eigenvalue weighted by molar-refractivity contribution is 8.00. The van der Waals surface area contributed by atoms with E-state index in [1.54, 1.807) is 0 Å². The number of nitrogens with one attached hydrogen (secondary N) is 1. The molecule has 1 saturated carbocycles. The first-order valence-corrected chi connectivity index (χ1v) is 9.08. The van der Waals surface area contributed by atoms with E-state index in [2.05, 4.69) is 51.0 Å². The van der Waals surface area contributed by atoms with Crippen molar-refractivity contribution in [2.75, 3.05) is 12.8 Å². The fourth-order valence-electron chi connectivity index (χ4n) is 3.21. The first kappa shape index (κ1) is 16.4. The van der Waals surface area contributed by atoms with E-state index >= 15 is 0 Å². The zero-order chi connectivity index (χ0) is 13.6. The quantitative estimate of drug-likeness (QED) is 0.719. The van der Waals surface area contributed by atoms with Crippen molar-refractivity contribution in [1.29, 1.82) is 0 Å². The lowest BCUT2D eigenvalue weighted by Gasteiger charge is -2.36. The molecule has 0 aromatic carbocycles. The molecule has 0 heterocycles. The third-order valence-electron chi connectivity index (χ3n) is 5.09. The Morgan fingerprint density at radius 2 is 1.89 bits per heavy atom. The van der Waals surface area contributed by atoms with Crippen molar-refractivity contribution < 1.29 is 0 Å². The molecule has 0 aliphatic heterocycles. The van der Waals surface area contributed by atoms with Crippen molar-refractivity contribution in [2.45, 2.75) is 77.0 Å². The summed E-state index contributed by atoms with van der Waals surface area (Å²) in [5, 5.41) is 3.88. The summed E-state index contributed by atoms with van der Waals surface area (Å²) in [5.41, 5.74) is 0. The van der Waals surface area contributed by atoms with E-state index in [4.69, 9.17) is 0 Å². The summed E-state index contributed by atoms with van der Waals surface area (Å²) >= 11 is 2.05. The Hall–Kier alpha value is 0.310. The molecule has 2 atom stereocenters. The first-order valence-electron chi connectivity index (χ1n) is 7.85. The number of hydrogen-bond donors (Lipinski definition) is 1. The fourth-order valence-corrected chi connectivity index (χ4v) is 4.01. The van der Waals surface area contributed by atoms with Crippen molar-refractivity contribution in [3.05, 3.63) is 0 Å². The minimum atomic E-state index is 0.463. The zero-order valence-corrected chi connectivity index (χ0v) is 13.9. The topological polar surface area (TPSA) is 12.0 Å². The average molecular weight is 272 g/mol. The van der Waals surface area contributed by atoms with Gasteiger partial charge in [-0.15, -0.1) is 0 Å². The van der Waals surface area contributed by atoms with Crippen LogP contribution in [0.25, 0.3) is 0 Å².